The number of carbonyl (C=O) groups is 2. The van der Waals surface area contributed by atoms with Crippen LogP contribution in [0.15, 0.2) is 48.0 Å². The highest BCUT2D eigenvalue weighted by Gasteiger charge is 2.25. The standard InChI is InChI=1S/C23H22ClN5O3S/c1-2-3-7-29-12-15-8-14(11-27-21(15)28-23(29)32)19(30)18-10-17(24)9-16(20(18)31)13-33-22-25-5-4-6-26-22/h4-6,8-11,31H,2-3,7,12-13H2,1H3,(H,27,28,32). The number of hydrogen-bond donors (Lipinski definition) is 2. The minimum Gasteiger partial charge on any atom is -0.507 e. The van der Waals surface area contributed by atoms with Gasteiger partial charge in [0.05, 0.1) is 12.1 Å². The van der Waals surface area contributed by atoms with E-state index in [1.165, 1.54) is 24.0 Å². The lowest BCUT2D eigenvalue weighted by atomic mass is 9.99. The van der Waals surface area contributed by atoms with Crippen LogP contribution in [0.5, 0.6) is 5.75 Å². The van der Waals surface area contributed by atoms with Crippen molar-refractivity contribution in [1.29, 1.82) is 0 Å². The van der Waals surface area contributed by atoms with Gasteiger partial charge in [-0.15, -0.1) is 0 Å². The zero-order chi connectivity index (χ0) is 23.4. The number of ketones is 1. The molecule has 0 spiro atoms. The molecule has 0 atom stereocenters. The maximum atomic E-state index is 13.3. The van der Waals surface area contributed by atoms with Crippen molar-refractivity contribution in [3.8, 4) is 5.75 Å². The van der Waals surface area contributed by atoms with E-state index < -0.39 is 5.78 Å². The Balaban J connectivity index is 1.58. The Morgan fingerprint density at radius 1 is 1.24 bits per heavy atom. The van der Waals surface area contributed by atoms with Gasteiger partial charge in [0.25, 0.3) is 0 Å². The highest BCUT2D eigenvalue weighted by molar-refractivity contribution is 7.98. The lowest BCUT2D eigenvalue weighted by Gasteiger charge is -2.28. The number of anilines is 1. The third-order valence-electron chi connectivity index (χ3n) is 5.18. The van der Waals surface area contributed by atoms with Gasteiger partial charge in [-0.2, -0.15) is 0 Å². The maximum Gasteiger partial charge on any atom is 0.323 e. The fourth-order valence-corrected chi connectivity index (χ4v) is 4.47. The zero-order valence-corrected chi connectivity index (χ0v) is 19.5. The van der Waals surface area contributed by atoms with Gasteiger partial charge in [0.1, 0.15) is 11.6 Å². The fourth-order valence-electron chi connectivity index (χ4n) is 3.45. The molecule has 0 saturated carbocycles. The summed E-state index contributed by atoms with van der Waals surface area (Å²) in [5.41, 5.74) is 1.65. The Morgan fingerprint density at radius 2 is 2.03 bits per heavy atom. The summed E-state index contributed by atoms with van der Waals surface area (Å²) < 4.78 is 0. The summed E-state index contributed by atoms with van der Waals surface area (Å²) in [5, 5.41) is 14.5. The molecule has 1 aliphatic rings. The molecule has 3 heterocycles. The molecule has 0 radical (unpaired) electrons. The summed E-state index contributed by atoms with van der Waals surface area (Å²) in [4.78, 5) is 39.8. The van der Waals surface area contributed by atoms with Gasteiger partial charge >= 0.3 is 6.03 Å². The molecule has 0 bridgehead atoms. The van der Waals surface area contributed by atoms with Crippen LogP contribution in [0.2, 0.25) is 5.02 Å². The molecular formula is C23H22ClN5O3S. The number of amides is 2. The average molecular weight is 484 g/mol. The largest absolute Gasteiger partial charge is 0.507 e. The normalized spacial score (nSPS) is 12.9. The van der Waals surface area contributed by atoms with Gasteiger partial charge in [0, 0.05) is 52.6 Å². The number of nitrogens with zero attached hydrogens (tertiary/aromatic N) is 4. The lowest BCUT2D eigenvalue weighted by Crippen LogP contribution is -2.39. The number of phenolic OH excluding ortho intramolecular Hbond substituents is 1. The molecule has 0 fully saturated rings. The molecule has 4 rings (SSSR count). The van der Waals surface area contributed by atoms with Crippen molar-refractivity contribution in [2.75, 3.05) is 11.9 Å². The highest BCUT2D eigenvalue weighted by atomic mass is 35.5. The van der Waals surface area contributed by atoms with E-state index in [4.69, 9.17) is 11.6 Å². The van der Waals surface area contributed by atoms with Gasteiger partial charge in [0.2, 0.25) is 0 Å². The summed E-state index contributed by atoms with van der Waals surface area (Å²) in [6.07, 6.45) is 6.53. The molecule has 8 nitrogen and oxygen atoms in total. The van der Waals surface area contributed by atoms with Gasteiger partial charge in [-0.25, -0.2) is 19.7 Å². The molecule has 2 N–H and O–H groups in total. The van der Waals surface area contributed by atoms with Crippen molar-refractivity contribution in [2.45, 2.75) is 37.2 Å². The van der Waals surface area contributed by atoms with E-state index in [0.717, 1.165) is 18.4 Å². The number of urea groups is 1. The second kappa shape index (κ2) is 10.2. The molecule has 10 heteroatoms. The molecule has 1 aliphatic heterocycles. The smallest absolute Gasteiger partial charge is 0.323 e. The number of pyridine rings is 1. The number of benzene rings is 1. The van der Waals surface area contributed by atoms with E-state index >= 15 is 0 Å². The van der Waals surface area contributed by atoms with E-state index in [-0.39, 0.29) is 17.3 Å². The van der Waals surface area contributed by atoms with Crippen LogP contribution in [-0.4, -0.2) is 43.3 Å². The zero-order valence-electron chi connectivity index (χ0n) is 17.9. The summed E-state index contributed by atoms with van der Waals surface area (Å²) in [5.74, 6) is 0.255. The van der Waals surface area contributed by atoms with Crippen LogP contribution in [0.25, 0.3) is 0 Å². The van der Waals surface area contributed by atoms with Crippen molar-refractivity contribution in [3.63, 3.8) is 0 Å². The van der Waals surface area contributed by atoms with Gasteiger partial charge < -0.3 is 10.0 Å². The van der Waals surface area contributed by atoms with Crippen molar-refractivity contribution >= 4 is 41.0 Å². The predicted octanol–water partition coefficient (Wildman–Crippen LogP) is 4.90. The van der Waals surface area contributed by atoms with Crippen LogP contribution < -0.4 is 5.32 Å². The summed E-state index contributed by atoms with van der Waals surface area (Å²) >= 11 is 7.59. The number of thioether (sulfide) groups is 1. The van der Waals surface area contributed by atoms with E-state index in [2.05, 4.69) is 27.2 Å². The Hall–Kier alpha value is -3.17. The van der Waals surface area contributed by atoms with Crippen LogP contribution in [-0.2, 0) is 12.3 Å². The molecule has 1 aromatic carbocycles. The summed E-state index contributed by atoms with van der Waals surface area (Å²) in [6, 6.07) is 6.30. The number of phenols is 1. The SMILES string of the molecule is CCCCN1Cc2cc(C(=O)c3cc(Cl)cc(CSc4ncccn4)c3O)cnc2NC1=O. The number of unbranched alkanes of at least 4 members (excludes halogenated alkanes) is 1. The van der Waals surface area contributed by atoms with Crippen LogP contribution >= 0.6 is 23.4 Å². The highest BCUT2D eigenvalue weighted by Crippen LogP contribution is 2.33. The Kier molecular flexibility index (Phi) is 7.10. The average Bonchev–Trinajstić information content (AvgIpc) is 2.83. The second-order valence-electron chi connectivity index (χ2n) is 7.55. The predicted molar refractivity (Wildman–Crippen MR) is 127 cm³/mol. The van der Waals surface area contributed by atoms with Crippen molar-refractivity contribution in [1.82, 2.24) is 19.9 Å². The summed E-state index contributed by atoms with van der Waals surface area (Å²) in [7, 11) is 0. The number of nitrogens with one attached hydrogen (secondary N) is 1. The molecule has 170 valence electrons. The first-order valence-electron chi connectivity index (χ1n) is 10.5. The van der Waals surface area contributed by atoms with Gasteiger partial charge in [0.15, 0.2) is 10.9 Å². The number of hydrogen-bond acceptors (Lipinski definition) is 7. The molecule has 2 aromatic heterocycles. The number of fused-ring (bicyclic) bond motifs is 1. The molecule has 2 amide bonds. The van der Waals surface area contributed by atoms with Crippen molar-refractivity contribution in [2.24, 2.45) is 0 Å². The quantitative estimate of drug-likeness (QED) is 0.266. The Bertz CT molecular complexity index is 1190. The summed E-state index contributed by atoms with van der Waals surface area (Å²) in [6.45, 7) is 3.06. The van der Waals surface area contributed by atoms with E-state index in [9.17, 15) is 14.7 Å². The Labute approximate surface area is 200 Å². The van der Waals surface area contributed by atoms with E-state index in [0.29, 0.717) is 46.0 Å². The van der Waals surface area contributed by atoms with Gasteiger partial charge in [-0.05, 0) is 30.7 Å². The first kappa shape index (κ1) is 23.0. The maximum absolute atomic E-state index is 13.3. The fraction of sp³-hybridized carbons (Fsp3) is 0.261. The minimum absolute atomic E-state index is 0.0940. The lowest BCUT2D eigenvalue weighted by molar-refractivity contribution is 0.103. The number of carbonyl (C=O) groups excluding carboxylic acids is 2. The van der Waals surface area contributed by atoms with Crippen LogP contribution in [0, 0.1) is 0 Å². The van der Waals surface area contributed by atoms with Gasteiger partial charge in [-0.1, -0.05) is 36.7 Å². The van der Waals surface area contributed by atoms with Gasteiger partial charge in [-0.3, -0.25) is 10.1 Å². The topological polar surface area (TPSA) is 108 Å². The number of rotatable bonds is 8. The third kappa shape index (κ3) is 5.26. The monoisotopic (exact) mass is 483 g/mol. The Morgan fingerprint density at radius 3 is 2.79 bits per heavy atom. The second-order valence-corrected chi connectivity index (χ2v) is 8.93. The van der Waals surface area contributed by atoms with E-state index in [1.807, 2.05) is 0 Å². The number of aromatic hydroxyl groups is 1. The number of halogens is 1. The molecule has 0 saturated heterocycles. The van der Waals surface area contributed by atoms with Crippen LogP contribution in [0.4, 0.5) is 10.6 Å². The first-order valence-corrected chi connectivity index (χ1v) is 11.8. The number of aromatic nitrogens is 3. The third-order valence-corrected chi connectivity index (χ3v) is 6.32. The molecule has 3 aromatic rings. The molecule has 0 unspecified atom stereocenters. The molecule has 33 heavy (non-hydrogen) atoms. The van der Waals surface area contributed by atoms with Crippen LogP contribution in [0.1, 0.15) is 46.8 Å². The molecular weight excluding hydrogens is 462 g/mol. The molecule has 0 aliphatic carbocycles. The van der Waals surface area contributed by atoms with Crippen LogP contribution in [0.3, 0.4) is 0 Å². The van der Waals surface area contributed by atoms with Crippen molar-refractivity contribution in [3.05, 3.63) is 70.1 Å². The van der Waals surface area contributed by atoms with E-state index in [1.54, 1.807) is 35.5 Å². The first-order chi connectivity index (χ1) is 16.0. The minimum atomic E-state index is -0.399. The van der Waals surface area contributed by atoms with Crippen molar-refractivity contribution < 1.29 is 14.7 Å².